The standard InChI is InChI=1S/C20H28F3N3O/c1-25(2)16-8-14-10-26(19-5-3-4-18(24-19)20(21,22)23)11-15(14)9-17(16)27-12-13-6-7-13/h3-5,13-17H,6-12H2,1-2H3/t14-,15+,16-,17-/m1/s1. The van der Waals surface area contributed by atoms with Gasteiger partial charge in [0.1, 0.15) is 11.5 Å². The third kappa shape index (κ3) is 4.24. The number of nitrogens with zero attached hydrogens (tertiary/aromatic N) is 3. The van der Waals surface area contributed by atoms with Crippen molar-refractivity contribution in [3.05, 3.63) is 23.9 Å². The fourth-order valence-electron chi connectivity index (χ4n) is 4.60. The van der Waals surface area contributed by atoms with Crippen LogP contribution in [0, 0.1) is 17.8 Å². The summed E-state index contributed by atoms with van der Waals surface area (Å²) in [6.45, 7) is 2.40. The molecule has 1 aliphatic heterocycles. The number of rotatable bonds is 5. The Kier molecular flexibility index (Phi) is 5.10. The summed E-state index contributed by atoms with van der Waals surface area (Å²) in [5.74, 6) is 2.12. The molecule has 2 aliphatic carbocycles. The maximum absolute atomic E-state index is 13.0. The minimum Gasteiger partial charge on any atom is -0.376 e. The van der Waals surface area contributed by atoms with E-state index < -0.39 is 11.9 Å². The van der Waals surface area contributed by atoms with E-state index in [9.17, 15) is 13.2 Å². The lowest BCUT2D eigenvalue weighted by Gasteiger charge is -2.41. The molecule has 2 saturated carbocycles. The maximum Gasteiger partial charge on any atom is 0.433 e. The second-order valence-corrected chi connectivity index (χ2v) is 8.62. The Morgan fingerprint density at radius 3 is 2.48 bits per heavy atom. The van der Waals surface area contributed by atoms with Gasteiger partial charge < -0.3 is 14.5 Å². The first kappa shape index (κ1) is 19.0. The Morgan fingerprint density at radius 1 is 1.15 bits per heavy atom. The Labute approximate surface area is 158 Å². The zero-order valence-corrected chi connectivity index (χ0v) is 16.0. The van der Waals surface area contributed by atoms with Gasteiger partial charge in [0.15, 0.2) is 0 Å². The molecule has 4 nitrogen and oxygen atoms in total. The lowest BCUT2D eigenvalue weighted by molar-refractivity contribution is -0.141. The van der Waals surface area contributed by atoms with E-state index in [1.165, 1.54) is 18.9 Å². The van der Waals surface area contributed by atoms with Crippen LogP contribution in [0.3, 0.4) is 0 Å². The van der Waals surface area contributed by atoms with Gasteiger partial charge in [0.25, 0.3) is 0 Å². The van der Waals surface area contributed by atoms with E-state index in [-0.39, 0.29) is 6.10 Å². The van der Waals surface area contributed by atoms with Crippen molar-refractivity contribution in [1.29, 1.82) is 0 Å². The Balaban J connectivity index is 1.45. The predicted octanol–water partition coefficient (Wildman–Crippen LogP) is 3.67. The van der Waals surface area contributed by atoms with Gasteiger partial charge in [-0.15, -0.1) is 0 Å². The first-order valence-electron chi connectivity index (χ1n) is 9.88. The molecule has 3 aliphatic rings. The summed E-state index contributed by atoms with van der Waals surface area (Å²) in [7, 11) is 4.19. The number of hydrogen-bond acceptors (Lipinski definition) is 4. The molecule has 1 saturated heterocycles. The van der Waals surface area contributed by atoms with Crippen molar-refractivity contribution in [3.8, 4) is 0 Å². The van der Waals surface area contributed by atoms with Crippen LogP contribution in [0.25, 0.3) is 0 Å². The summed E-state index contributed by atoms with van der Waals surface area (Å²) in [5, 5.41) is 0. The average Bonchev–Trinajstić information content (AvgIpc) is 3.35. The summed E-state index contributed by atoms with van der Waals surface area (Å²) < 4.78 is 45.3. The minimum atomic E-state index is -4.40. The van der Waals surface area contributed by atoms with Crippen molar-refractivity contribution in [1.82, 2.24) is 9.88 Å². The molecular weight excluding hydrogens is 355 g/mol. The number of fused-ring (bicyclic) bond motifs is 1. The van der Waals surface area contributed by atoms with Crippen molar-refractivity contribution >= 4 is 5.82 Å². The summed E-state index contributed by atoms with van der Waals surface area (Å²) >= 11 is 0. The van der Waals surface area contributed by atoms with E-state index in [0.717, 1.165) is 44.5 Å². The fraction of sp³-hybridized carbons (Fsp3) is 0.750. The molecule has 0 aromatic carbocycles. The van der Waals surface area contributed by atoms with Crippen molar-refractivity contribution in [2.24, 2.45) is 17.8 Å². The third-order valence-electron chi connectivity index (χ3n) is 6.34. The molecule has 150 valence electrons. The van der Waals surface area contributed by atoms with Crippen LogP contribution in [0.2, 0.25) is 0 Å². The highest BCUT2D eigenvalue weighted by atomic mass is 19.4. The Bertz CT molecular complexity index is 662. The fourth-order valence-corrected chi connectivity index (χ4v) is 4.60. The van der Waals surface area contributed by atoms with E-state index in [1.54, 1.807) is 6.07 Å². The smallest absolute Gasteiger partial charge is 0.376 e. The van der Waals surface area contributed by atoms with Crippen LogP contribution >= 0.6 is 0 Å². The number of alkyl halides is 3. The summed E-state index contributed by atoms with van der Waals surface area (Å²) in [6.07, 6.45) is 0.385. The van der Waals surface area contributed by atoms with Crippen LogP contribution in [-0.4, -0.2) is 55.8 Å². The van der Waals surface area contributed by atoms with Crippen LogP contribution in [0.4, 0.5) is 19.0 Å². The molecule has 0 spiro atoms. The summed E-state index contributed by atoms with van der Waals surface area (Å²) in [6, 6.07) is 4.56. The van der Waals surface area contributed by atoms with E-state index in [1.807, 2.05) is 4.90 Å². The molecule has 0 radical (unpaired) electrons. The van der Waals surface area contributed by atoms with Gasteiger partial charge in [-0.25, -0.2) is 4.98 Å². The van der Waals surface area contributed by atoms with Crippen LogP contribution in [0.1, 0.15) is 31.4 Å². The van der Waals surface area contributed by atoms with Gasteiger partial charge in [0.2, 0.25) is 0 Å². The van der Waals surface area contributed by atoms with Crippen molar-refractivity contribution in [3.63, 3.8) is 0 Å². The Morgan fingerprint density at radius 2 is 1.85 bits per heavy atom. The molecule has 2 heterocycles. The molecule has 0 unspecified atom stereocenters. The Hall–Kier alpha value is -1.34. The second kappa shape index (κ2) is 7.24. The van der Waals surface area contributed by atoms with Crippen molar-refractivity contribution < 1.29 is 17.9 Å². The number of aromatic nitrogens is 1. The predicted molar refractivity (Wildman–Crippen MR) is 97.6 cm³/mol. The maximum atomic E-state index is 13.0. The molecule has 0 N–H and O–H groups in total. The van der Waals surface area contributed by atoms with Gasteiger partial charge in [-0.1, -0.05) is 6.07 Å². The van der Waals surface area contributed by atoms with E-state index in [0.29, 0.717) is 23.7 Å². The van der Waals surface area contributed by atoms with Gasteiger partial charge in [-0.3, -0.25) is 0 Å². The zero-order valence-electron chi connectivity index (χ0n) is 16.0. The number of pyridine rings is 1. The highest BCUT2D eigenvalue weighted by Gasteiger charge is 2.44. The highest BCUT2D eigenvalue weighted by molar-refractivity contribution is 5.41. The molecular formula is C20H28F3N3O. The van der Waals surface area contributed by atoms with E-state index >= 15 is 0 Å². The van der Waals surface area contributed by atoms with Crippen LogP contribution < -0.4 is 4.90 Å². The molecule has 0 amide bonds. The van der Waals surface area contributed by atoms with Gasteiger partial charge in [0, 0.05) is 25.7 Å². The molecule has 4 rings (SSSR count). The average molecular weight is 383 g/mol. The van der Waals surface area contributed by atoms with Gasteiger partial charge in [-0.2, -0.15) is 13.2 Å². The molecule has 0 bridgehead atoms. The van der Waals surface area contributed by atoms with Crippen LogP contribution in [0.5, 0.6) is 0 Å². The molecule has 27 heavy (non-hydrogen) atoms. The number of likely N-dealkylation sites (N-methyl/N-ethyl adjacent to an activating group) is 1. The van der Waals surface area contributed by atoms with E-state index in [4.69, 9.17) is 4.74 Å². The molecule has 1 aromatic rings. The first-order chi connectivity index (χ1) is 12.8. The first-order valence-corrected chi connectivity index (χ1v) is 9.88. The quantitative estimate of drug-likeness (QED) is 0.776. The second-order valence-electron chi connectivity index (χ2n) is 8.62. The topological polar surface area (TPSA) is 28.6 Å². The van der Waals surface area contributed by atoms with Gasteiger partial charge >= 0.3 is 6.18 Å². The number of anilines is 1. The normalized spacial score (nSPS) is 31.4. The number of halogens is 3. The monoisotopic (exact) mass is 383 g/mol. The highest BCUT2D eigenvalue weighted by Crippen LogP contribution is 2.41. The van der Waals surface area contributed by atoms with E-state index in [2.05, 4.69) is 24.0 Å². The minimum absolute atomic E-state index is 0.219. The number of ether oxygens (including phenoxy) is 1. The lowest BCUT2D eigenvalue weighted by atomic mass is 9.77. The summed E-state index contributed by atoms with van der Waals surface area (Å²) in [4.78, 5) is 8.16. The summed E-state index contributed by atoms with van der Waals surface area (Å²) in [5.41, 5.74) is -0.813. The molecule has 7 heteroatoms. The zero-order chi connectivity index (χ0) is 19.2. The SMILES string of the molecule is CN(C)[C@@H]1C[C@@H]2CN(c3cccc(C(F)(F)F)n3)C[C@@H]2C[C@H]1OCC1CC1. The van der Waals surface area contributed by atoms with Crippen molar-refractivity contribution in [2.75, 3.05) is 38.7 Å². The lowest BCUT2D eigenvalue weighted by Crippen LogP contribution is -2.48. The molecule has 4 atom stereocenters. The van der Waals surface area contributed by atoms with Gasteiger partial charge in [0.05, 0.1) is 6.10 Å². The molecule has 3 fully saturated rings. The van der Waals surface area contributed by atoms with Crippen LogP contribution in [0.15, 0.2) is 18.2 Å². The molecule has 1 aromatic heterocycles. The van der Waals surface area contributed by atoms with Crippen molar-refractivity contribution in [2.45, 2.75) is 44.0 Å². The van der Waals surface area contributed by atoms with Gasteiger partial charge in [-0.05, 0) is 69.7 Å². The number of hydrogen-bond donors (Lipinski definition) is 0. The largest absolute Gasteiger partial charge is 0.433 e. The third-order valence-corrected chi connectivity index (χ3v) is 6.34. The van der Waals surface area contributed by atoms with Crippen LogP contribution in [-0.2, 0) is 10.9 Å².